The molecule has 0 aliphatic rings. The first-order chi connectivity index (χ1) is 10.0. The molecule has 110 valence electrons. The Hall–Kier alpha value is -2.41. The number of carbonyl (C=O) groups excluding carboxylic acids is 1. The lowest BCUT2D eigenvalue weighted by Gasteiger charge is -2.06. The highest BCUT2D eigenvalue weighted by molar-refractivity contribution is 7.13. The summed E-state index contributed by atoms with van der Waals surface area (Å²) in [4.78, 5) is 25.9. The van der Waals surface area contributed by atoms with Crippen molar-refractivity contribution < 1.29 is 14.7 Å². The predicted octanol–water partition coefficient (Wildman–Crippen LogP) is 2.86. The summed E-state index contributed by atoms with van der Waals surface area (Å²) in [5, 5.41) is 17.0. The van der Waals surface area contributed by atoms with E-state index in [1.54, 1.807) is 12.1 Å². The van der Waals surface area contributed by atoms with E-state index < -0.39 is 5.97 Å². The number of thiazole rings is 1. The van der Waals surface area contributed by atoms with Crippen molar-refractivity contribution in [1.29, 1.82) is 0 Å². The molecular formula is C14H15N3O3S. The van der Waals surface area contributed by atoms with Crippen molar-refractivity contribution in [2.75, 3.05) is 10.6 Å². The highest BCUT2D eigenvalue weighted by atomic mass is 32.1. The number of aromatic nitrogens is 1. The van der Waals surface area contributed by atoms with Crippen LogP contribution in [-0.4, -0.2) is 22.0 Å². The van der Waals surface area contributed by atoms with Gasteiger partial charge in [-0.25, -0.2) is 4.98 Å². The van der Waals surface area contributed by atoms with Crippen LogP contribution in [-0.2, 0) is 16.0 Å². The van der Waals surface area contributed by atoms with Crippen LogP contribution in [0.15, 0.2) is 29.6 Å². The number of amides is 1. The van der Waals surface area contributed by atoms with Gasteiger partial charge in [0.15, 0.2) is 5.13 Å². The van der Waals surface area contributed by atoms with Gasteiger partial charge in [0, 0.05) is 30.1 Å². The van der Waals surface area contributed by atoms with Crippen LogP contribution in [0.4, 0.5) is 16.5 Å². The van der Waals surface area contributed by atoms with Crippen LogP contribution in [0.1, 0.15) is 19.0 Å². The number of nitrogens with zero attached hydrogens (tertiary/aromatic N) is 1. The molecule has 3 N–H and O–H groups in total. The van der Waals surface area contributed by atoms with Gasteiger partial charge >= 0.3 is 5.97 Å². The van der Waals surface area contributed by atoms with E-state index in [0.717, 1.165) is 11.4 Å². The summed E-state index contributed by atoms with van der Waals surface area (Å²) < 4.78 is 0. The molecule has 0 saturated carbocycles. The summed E-state index contributed by atoms with van der Waals surface area (Å²) in [7, 11) is 0. The molecule has 0 atom stereocenters. The second-order valence-electron chi connectivity index (χ2n) is 4.42. The Bertz CT molecular complexity index is 654. The number of carboxylic acids is 1. The van der Waals surface area contributed by atoms with Crippen LogP contribution in [0.5, 0.6) is 0 Å². The van der Waals surface area contributed by atoms with Gasteiger partial charge in [-0.1, -0.05) is 6.07 Å². The number of anilines is 3. The van der Waals surface area contributed by atoms with Crippen molar-refractivity contribution in [1.82, 2.24) is 4.98 Å². The van der Waals surface area contributed by atoms with Crippen LogP contribution in [0.25, 0.3) is 0 Å². The van der Waals surface area contributed by atoms with E-state index in [0.29, 0.717) is 17.2 Å². The molecule has 1 heterocycles. The fourth-order valence-corrected chi connectivity index (χ4v) is 2.48. The average Bonchev–Trinajstić information content (AvgIpc) is 2.83. The molecule has 0 radical (unpaired) electrons. The van der Waals surface area contributed by atoms with Gasteiger partial charge in [-0.05, 0) is 18.2 Å². The molecule has 6 nitrogen and oxygen atoms in total. The minimum atomic E-state index is -0.833. The quantitative estimate of drug-likeness (QED) is 0.763. The standard InChI is InChI=1S/C14H15N3O3S/c1-9(18)15-10-3-2-4-11(7-10)16-14-17-12(8-21-14)5-6-13(19)20/h2-4,7-8H,5-6H2,1H3,(H,15,18)(H,16,17)(H,19,20). The van der Waals surface area contributed by atoms with Gasteiger partial charge < -0.3 is 15.7 Å². The summed E-state index contributed by atoms with van der Waals surface area (Å²) in [6, 6.07) is 7.29. The summed E-state index contributed by atoms with van der Waals surface area (Å²) in [6.45, 7) is 1.45. The van der Waals surface area contributed by atoms with Gasteiger partial charge in [0.05, 0.1) is 12.1 Å². The predicted molar refractivity (Wildman–Crippen MR) is 82.1 cm³/mol. The maximum absolute atomic E-state index is 11.0. The number of hydrogen-bond donors (Lipinski definition) is 3. The molecule has 0 fully saturated rings. The van der Waals surface area contributed by atoms with E-state index in [1.807, 2.05) is 17.5 Å². The van der Waals surface area contributed by atoms with Crippen molar-refractivity contribution in [3.8, 4) is 0 Å². The Morgan fingerprint density at radius 1 is 1.33 bits per heavy atom. The van der Waals surface area contributed by atoms with Gasteiger partial charge in [-0.15, -0.1) is 11.3 Å². The van der Waals surface area contributed by atoms with Crippen molar-refractivity contribution in [3.05, 3.63) is 35.3 Å². The number of aryl methyl sites for hydroxylation is 1. The molecule has 7 heteroatoms. The average molecular weight is 305 g/mol. The number of hydrogen-bond acceptors (Lipinski definition) is 5. The van der Waals surface area contributed by atoms with Crippen molar-refractivity contribution in [2.24, 2.45) is 0 Å². The van der Waals surface area contributed by atoms with Gasteiger partial charge in [-0.2, -0.15) is 0 Å². The molecule has 0 bridgehead atoms. The fraction of sp³-hybridized carbons (Fsp3) is 0.214. The van der Waals surface area contributed by atoms with Crippen molar-refractivity contribution in [2.45, 2.75) is 19.8 Å². The van der Waals surface area contributed by atoms with Crippen LogP contribution in [0.2, 0.25) is 0 Å². The van der Waals surface area contributed by atoms with Gasteiger partial charge in [0.2, 0.25) is 5.91 Å². The maximum atomic E-state index is 11.0. The number of nitrogens with one attached hydrogen (secondary N) is 2. The highest BCUT2D eigenvalue weighted by Crippen LogP contribution is 2.23. The number of aliphatic carboxylic acids is 1. The second kappa shape index (κ2) is 6.85. The van der Waals surface area contributed by atoms with E-state index in [9.17, 15) is 9.59 Å². The van der Waals surface area contributed by atoms with Crippen LogP contribution in [0.3, 0.4) is 0 Å². The molecule has 1 aromatic carbocycles. The Balaban J connectivity index is 2.01. The molecule has 1 aromatic heterocycles. The van der Waals surface area contributed by atoms with E-state index in [2.05, 4.69) is 15.6 Å². The van der Waals surface area contributed by atoms with Gasteiger partial charge in [0.1, 0.15) is 0 Å². The molecule has 2 aromatic rings. The molecule has 1 amide bonds. The van der Waals surface area contributed by atoms with Crippen LogP contribution >= 0.6 is 11.3 Å². The summed E-state index contributed by atoms with van der Waals surface area (Å²) >= 11 is 1.41. The van der Waals surface area contributed by atoms with Crippen molar-refractivity contribution in [3.63, 3.8) is 0 Å². The van der Waals surface area contributed by atoms with E-state index in [1.165, 1.54) is 18.3 Å². The minimum Gasteiger partial charge on any atom is -0.481 e. The zero-order valence-electron chi connectivity index (χ0n) is 11.4. The summed E-state index contributed by atoms with van der Waals surface area (Å²) in [5.74, 6) is -0.960. The number of rotatable bonds is 6. The van der Waals surface area contributed by atoms with Crippen molar-refractivity contribution >= 4 is 39.7 Å². The first kappa shape index (κ1) is 15.0. The lowest BCUT2D eigenvalue weighted by Crippen LogP contribution is -2.05. The number of benzene rings is 1. The summed E-state index contributed by atoms with van der Waals surface area (Å²) in [6.07, 6.45) is 0.487. The fourth-order valence-electron chi connectivity index (χ4n) is 1.72. The highest BCUT2D eigenvalue weighted by Gasteiger charge is 2.05. The third kappa shape index (κ3) is 4.88. The molecular weight excluding hydrogens is 290 g/mol. The van der Waals surface area contributed by atoms with E-state index >= 15 is 0 Å². The van der Waals surface area contributed by atoms with Gasteiger partial charge in [-0.3, -0.25) is 9.59 Å². The first-order valence-electron chi connectivity index (χ1n) is 6.34. The van der Waals surface area contributed by atoms with Crippen LogP contribution in [0, 0.1) is 0 Å². The van der Waals surface area contributed by atoms with Crippen LogP contribution < -0.4 is 10.6 Å². The molecule has 0 aliphatic carbocycles. The normalized spacial score (nSPS) is 10.1. The monoisotopic (exact) mass is 305 g/mol. The molecule has 0 spiro atoms. The molecule has 2 rings (SSSR count). The number of carbonyl (C=O) groups is 2. The topological polar surface area (TPSA) is 91.3 Å². The SMILES string of the molecule is CC(=O)Nc1cccc(Nc2nc(CCC(=O)O)cs2)c1. The molecule has 21 heavy (non-hydrogen) atoms. The smallest absolute Gasteiger partial charge is 0.303 e. The Morgan fingerprint density at radius 3 is 2.81 bits per heavy atom. The largest absolute Gasteiger partial charge is 0.481 e. The van der Waals surface area contributed by atoms with E-state index in [4.69, 9.17) is 5.11 Å². The maximum Gasteiger partial charge on any atom is 0.303 e. The third-order valence-electron chi connectivity index (χ3n) is 2.58. The summed E-state index contributed by atoms with van der Waals surface area (Å²) in [5.41, 5.74) is 2.26. The minimum absolute atomic E-state index is 0.0706. The van der Waals surface area contributed by atoms with E-state index in [-0.39, 0.29) is 12.3 Å². The lowest BCUT2D eigenvalue weighted by molar-refractivity contribution is -0.137. The molecule has 0 aliphatic heterocycles. The zero-order chi connectivity index (χ0) is 15.2. The van der Waals surface area contributed by atoms with Gasteiger partial charge in [0.25, 0.3) is 0 Å². The third-order valence-corrected chi connectivity index (χ3v) is 3.39. The molecule has 0 unspecified atom stereocenters. The second-order valence-corrected chi connectivity index (χ2v) is 5.28. The lowest BCUT2D eigenvalue weighted by atomic mass is 10.2. The first-order valence-corrected chi connectivity index (χ1v) is 7.22. The molecule has 0 saturated heterocycles. The number of carboxylic acid groups (broad SMARTS) is 1. The Kier molecular flexibility index (Phi) is 4.89. The Morgan fingerprint density at radius 2 is 2.10 bits per heavy atom. The zero-order valence-corrected chi connectivity index (χ0v) is 12.2. The Labute approximate surface area is 125 Å².